The predicted octanol–water partition coefficient (Wildman–Crippen LogP) is 1.46. The fraction of sp³-hybridized carbons (Fsp3) is 0.778. The molecular weight excluding hydrogens is 352 g/mol. The normalized spacial score (nSPS) is 22.2. The number of hydrogen-bond donors (Lipinski definition) is 0. The van der Waals surface area contributed by atoms with Crippen molar-refractivity contribution in [1.29, 1.82) is 0 Å². The van der Waals surface area contributed by atoms with Gasteiger partial charge in [-0.1, -0.05) is 0 Å². The number of ether oxygens (including phenoxy) is 1. The molecule has 0 amide bonds. The number of methoxy groups -OCH3 is 1. The lowest BCUT2D eigenvalue weighted by molar-refractivity contribution is 0.158. The first-order valence-corrected chi connectivity index (χ1v) is 11.3. The van der Waals surface area contributed by atoms with Gasteiger partial charge in [0, 0.05) is 32.5 Å². The van der Waals surface area contributed by atoms with Gasteiger partial charge in [-0.25, -0.2) is 18.4 Å². The Kier molecular flexibility index (Phi) is 6.34. The zero-order chi connectivity index (χ0) is 18.6. The van der Waals surface area contributed by atoms with Gasteiger partial charge in [0.1, 0.15) is 9.84 Å². The van der Waals surface area contributed by atoms with E-state index in [1.807, 2.05) is 7.05 Å². The molecule has 0 radical (unpaired) electrons. The van der Waals surface area contributed by atoms with Crippen molar-refractivity contribution in [2.45, 2.75) is 25.7 Å². The minimum absolute atomic E-state index is 0.374. The van der Waals surface area contributed by atoms with Crippen molar-refractivity contribution >= 4 is 15.7 Å². The van der Waals surface area contributed by atoms with Gasteiger partial charge in [0.15, 0.2) is 5.82 Å². The van der Waals surface area contributed by atoms with Gasteiger partial charge in [0.2, 0.25) is 0 Å². The van der Waals surface area contributed by atoms with E-state index in [1.54, 1.807) is 19.5 Å². The molecule has 0 saturated carbocycles. The summed E-state index contributed by atoms with van der Waals surface area (Å²) in [5, 5.41) is 0. The van der Waals surface area contributed by atoms with Crippen LogP contribution in [0.2, 0.25) is 0 Å². The highest BCUT2D eigenvalue weighted by Gasteiger charge is 2.27. The summed E-state index contributed by atoms with van der Waals surface area (Å²) in [7, 11) is 0.908. The van der Waals surface area contributed by atoms with Crippen molar-refractivity contribution < 1.29 is 13.2 Å². The van der Waals surface area contributed by atoms with Crippen LogP contribution in [0.25, 0.3) is 0 Å². The minimum Gasteiger partial charge on any atom is -0.478 e. The number of aromatic nitrogens is 2. The van der Waals surface area contributed by atoms with E-state index in [9.17, 15) is 8.42 Å². The molecule has 0 N–H and O–H groups in total. The number of hydrogen-bond acceptors (Lipinski definition) is 7. The number of anilines is 1. The van der Waals surface area contributed by atoms with Crippen molar-refractivity contribution in [2.75, 3.05) is 56.7 Å². The van der Waals surface area contributed by atoms with E-state index < -0.39 is 9.84 Å². The standard InChI is InChI=1S/C18H30N4O3S/c1-21(17-18(25-2)20-8-7-19-17)13-15-3-9-22(10-4-15)14-16-5-11-26(23,24)12-6-16/h7-8,15-16H,3-6,9-14H2,1-2H3. The second kappa shape index (κ2) is 8.52. The molecule has 0 unspecified atom stereocenters. The number of sulfone groups is 1. The lowest BCUT2D eigenvalue weighted by atomic mass is 9.94. The first-order valence-electron chi connectivity index (χ1n) is 9.46. The summed E-state index contributed by atoms with van der Waals surface area (Å²) in [5.74, 6) is 3.29. The fourth-order valence-electron chi connectivity index (χ4n) is 4.04. The highest BCUT2D eigenvalue weighted by Crippen LogP contribution is 2.26. The molecule has 2 saturated heterocycles. The topological polar surface area (TPSA) is 75.6 Å². The monoisotopic (exact) mass is 382 g/mol. The maximum absolute atomic E-state index is 11.6. The van der Waals surface area contributed by atoms with Crippen LogP contribution in [-0.2, 0) is 9.84 Å². The van der Waals surface area contributed by atoms with E-state index in [0.717, 1.165) is 57.7 Å². The van der Waals surface area contributed by atoms with Gasteiger partial charge in [0.25, 0.3) is 5.88 Å². The first kappa shape index (κ1) is 19.4. The molecule has 26 heavy (non-hydrogen) atoms. The molecule has 146 valence electrons. The summed E-state index contributed by atoms with van der Waals surface area (Å²) in [4.78, 5) is 13.3. The summed E-state index contributed by atoms with van der Waals surface area (Å²) < 4.78 is 28.4. The molecule has 3 rings (SSSR count). The Morgan fingerprint density at radius 3 is 2.42 bits per heavy atom. The van der Waals surface area contributed by atoms with Crippen molar-refractivity contribution in [3.05, 3.63) is 12.4 Å². The van der Waals surface area contributed by atoms with Crippen molar-refractivity contribution in [1.82, 2.24) is 14.9 Å². The van der Waals surface area contributed by atoms with E-state index in [0.29, 0.717) is 29.2 Å². The van der Waals surface area contributed by atoms with Crippen LogP contribution in [0.5, 0.6) is 5.88 Å². The molecule has 0 spiro atoms. The molecular formula is C18H30N4O3S. The largest absolute Gasteiger partial charge is 0.478 e. The summed E-state index contributed by atoms with van der Waals surface area (Å²) in [6.07, 6.45) is 7.33. The van der Waals surface area contributed by atoms with E-state index in [2.05, 4.69) is 19.8 Å². The molecule has 0 aliphatic carbocycles. The minimum atomic E-state index is -2.76. The van der Waals surface area contributed by atoms with Gasteiger partial charge < -0.3 is 14.5 Å². The van der Waals surface area contributed by atoms with Gasteiger partial charge in [-0.3, -0.25) is 0 Å². The second-order valence-corrected chi connectivity index (χ2v) is 9.91. The highest BCUT2D eigenvalue weighted by atomic mass is 32.2. The van der Waals surface area contributed by atoms with E-state index in [1.165, 1.54) is 0 Å². The predicted molar refractivity (Wildman–Crippen MR) is 102 cm³/mol. The zero-order valence-electron chi connectivity index (χ0n) is 15.8. The van der Waals surface area contributed by atoms with Gasteiger partial charge in [-0.15, -0.1) is 0 Å². The summed E-state index contributed by atoms with van der Waals surface area (Å²) in [6, 6.07) is 0. The Bertz CT molecular complexity index is 675. The molecule has 7 nitrogen and oxygen atoms in total. The average molecular weight is 383 g/mol. The maximum Gasteiger partial charge on any atom is 0.257 e. The quantitative estimate of drug-likeness (QED) is 0.737. The van der Waals surface area contributed by atoms with Gasteiger partial charge >= 0.3 is 0 Å². The maximum atomic E-state index is 11.6. The third-order valence-electron chi connectivity index (χ3n) is 5.63. The van der Waals surface area contributed by atoms with Crippen molar-refractivity contribution in [2.24, 2.45) is 11.8 Å². The molecule has 0 aromatic carbocycles. The Morgan fingerprint density at radius 2 is 1.77 bits per heavy atom. The Hall–Kier alpha value is -1.41. The lowest BCUT2D eigenvalue weighted by Gasteiger charge is -2.36. The van der Waals surface area contributed by atoms with Crippen molar-refractivity contribution in [3.63, 3.8) is 0 Å². The Labute approximate surface area is 156 Å². The molecule has 8 heteroatoms. The molecule has 2 aliphatic heterocycles. The van der Waals surface area contributed by atoms with Crippen LogP contribution in [0.15, 0.2) is 12.4 Å². The molecule has 3 heterocycles. The van der Waals surface area contributed by atoms with Crippen LogP contribution in [0, 0.1) is 11.8 Å². The average Bonchev–Trinajstić information content (AvgIpc) is 2.65. The summed E-state index contributed by atoms with van der Waals surface area (Å²) in [6.45, 7) is 4.19. The second-order valence-electron chi connectivity index (χ2n) is 7.61. The lowest BCUT2D eigenvalue weighted by Crippen LogP contribution is -2.41. The zero-order valence-corrected chi connectivity index (χ0v) is 16.6. The van der Waals surface area contributed by atoms with Crippen LogP contribution in [0.1, 0.15) is 25.7 Å². The fourth-order valence-corrected chi connectivity index (χ4v) is 5.62. The van der Waals surface area contributed by atoms with Crippen LogP contribution in [0.3, 0.4) is 0 Å². The SMILES string of the molecule is COc1nccnc1N(C)CC1CCN(CC2CCS(=O)(=O)CC2)CC1. The van der Waals surface area contributed by atoms with Crippen LogP contribution in [-0.4, -0.2) is 75.1 Å². The van der Waals surface area contributed by atoms with E-state index >= 15 is 0 Å². The van der Waals surface area contributed by atoms with Gasteiger partial charge in [0.05, 0.1) is 18.6 Å². The number of nitrogens with zero attached hydrogens (tertiary/aromatic N) is 4. The number of piperidine rings is 1. The van der Waals surface area contributed by atoms with E-state index in [-0.39, 0.29) is 0 Å². The van der Waals surface area contributed by atoms with Crippen LogP contribution in [0.4, 0.5) is 5.82 Å². The summed E-state index contributed by atoms with van der Waals surface area (Å²) in [5.41, 5.74) is 0. The van der Waals surface area contributed by atoms with Crippen LogP contribution < -0.4 is 9.64 Å². The molecule has 2 fully saturated rings. The third kappa shape index (κ3) is 5.07. The first-order chi connectivity index (χ1) is 12.5. The van der Waals surface area contributed by atoms with E-state index in [4.69, 9.17) is 4.74 Å². The van der Waals surface area contributed by atoms with Gasteiger partial charge in [-0.2, -0.15) is 0 Å². The molecule has 1 aromatic heterocycles. The number of rotatable bonds is 6. The summed E-state index contributed by atoms with van der Waals surface area (Å²) >= 11 is 0. The van der Waals surface area contributed by atoms with Gasteiger partial charge in [-0.05, 0) is 50.6 Å². The Morgan fingerprint density at radius 1 is 1.12 bits per heavy atom. The van der Waals surface area contributed by atoms with Crippen LogP contribution >= 0.6 is 0 Å². The number of likely N-dealkylation sites (tertiary alicyclic amines) is 1. The third-order valence-corrected chi connectivity index (χ3v) is 7.35. The molecule has 1 aromatic rings. The smallest absolute Gasteiger partial charge is 0.257 e. The highest BCUT2D eigenvalue weighted by molar-refractivity contribution is 7.91. The molecule has 0 bridgehead atoms. The van der Waals surface area contributed by atoms with Crippen molar-refractivity contribution in [3.8, 4) is 5.88 Å². The molecule has 2 aliphatic rings. The Balaban J connectivity index is 1.44. The molecule has 0 atom stereocenters.